The topological polar surface area (TPSA) is 45.5 Å². The molecule has 0 aromatic heterocycles. The predicted octanol–water partition coefficient (Wildman–Crippen LogP) is 2.05. The number of morpholine rings is 1. The van der Waals surface area contributed by atoms with Crippen molar-refractivity contribution < 1.29 is 9.47 Å². The van der Waals surface area contributed by atoms with Gasteiger partial charge in [0.25, 0.3) is 0 Å². The van der Waals surface area contributed by atoms with Crippen LogP contribution in [-0.4, -0.2) is 43.3 Å². The lowest BCUT2D eigenvalue weighted by Gasteiger charge is -2.35. The molecule has 102 valence electrons. The van der Waals surface area contributed by atoms with Crippen molar-refractivity contribution in [1.29, 1.82) is 5.26 Å². The highest BCUT2D eigenvalue weighted by molar-refractivity contribution is 5.42. The van der Waals surface area contributed by atoms with Crippen molar-refractivity contribution in [2.45, 2.75) is 26.1 Å². The fourth-order valence-electron chi connectivity index (χ4n) is 2.44. The third kappa shape index (κ3) is 3.95. The fraction of sp³-hybridized carbons (Fsp3) is 0.533. The minimum absolute atomic E-state index is 0.273. The number of benzene rings is 1. The maximum atomic E-state index is 8.98. The molecule has 0 saturated carbocycles. The van der Waals surface area contributed by atoms with Crippen LogP contribution in [-0.2, 0) is 4.74 Å². The maximum Gasteiger partial charge on any atom is 0.137 e. The van der Waals surface area contributed by atoms with Crippen molar-refractivity contribution in [3.05, 3.63) is 29.8 Å². The van der Waals surface area contributed by atoms with E-state index in [-0.39, 0.29) is 12.2 Å². The minimum Gasteiger partial charge on any atom is -0.491 e. The first-order chi connectivity index (χ1) is 9.19. The fourth-order valence-corrected chi connectivity index (χ4v) is 2.44. The van der Waals surface area contributed by atoms with Crippen LogP contribution in [0.5, 0.6) is 5.75 Å². The Morgan fingerprint density at radius 3 is 2.68 bits per heavy atom. The van der Waals surface area contributed by atoms with Gasteiger partial charge in [0.05, 0.1) is 17.8 Å². The van der Waals surface area contributed by atoms with Crippen LogP contribution in [0.3, 0.4) is 0 Å². The van der Waals surface area contributed by atoms with Crippen molar-refractivity contribution in [2.24, 2.45) is 0 Å². The van der Waals surface area contributed by atoms with E-state index in [1.165, 1.54) is 0 Å². The molecule has 0 radical (unpaired) electrons. The second kappa shape index (κ2) is 6.55. The van der Waals surface area contributed by atoms with E-state index in [1.807, 2.05) is 18.2 Å². The molecule has 1 aromatic carbocycles. The molecule has 1 saturated heterocycles. The van der Waals surface area contributed by atoms with Gasteiger partial charge in [-0.1, -0.05) is 12.1 Å². The van der Waals surface area contributed by atoms with Gasteiger partial charge in [0, 0.05) is 19.6 Å². The van der Waals surface area contributed by atoms with Crippen molar-refractivity contribution in [3.63, 3.8) is 0 Å². The lowest BCUT2D eigenvalue weighted by Crippen LogP contribution is -2.46. The van der Waals surface area contributed by atoms with Crippen LogP contribution in [0.15, 0.2) is 24.3 Å². The standard InChI is InChI=1S/C15H20N2O2/c1-12-10-17(11-13(2)19-12)7-8-18-15-6-4-3-5-14(15)9-16/h3-6,12-13H,7-8,10-11H2,1-2H3/t12-,13-/m1/s1. The number of hydrogen-bond acceptors (Lipinski definition) is 4. The van der Waals surface area contributed by atoms with E-state index >= 15 is 0 Å². The molecule has 19 heavy (non-hydrogen) atoms. The van der Waals surface area contributed by atoms with Crippen LogP contribution in [0.1, 0.15) is 19.4 Å². The van der Waals surface area contributed by atoms with Crippen molar-refractivity contribution in [2.75, 3.05) is 26.2 Å². The quantitative estimate of drug-likeness (QED) is 0.831. The summed E-state index contributed by atoms with van der Waals surface area (Å²) in [6.45, 7) is 7.51. The summed E-state index contributed by atoms with van der Waals surface area (Å²) in [7, 11) is 0. The highest BCUT2D eigenvalue weighted by atomic mass is 16.5. The first-order valence-electron chi connectivity index (χ1n) is 6.69. The van der Waals surface area contributed by atoms with Gasteiger partial charge in [-0.2, -0.15) is 5.26 Å². The van der Waals surface area contributed by atoms with E-state index in [9.17, 15) is 0 Å². The molecule has 2 rings (SSSR count). The van der Waals surface area contributed by atoms with E-state index in [2.05, 4.69) is 24.8 Å². The minimum atomic E-state index is 0.273. The van der Waals surface area contributed by atoms with Crippen LogP contribution < -0.4 is 4.74 Å². The van der Waals surface area contributed by atoms with Crippen LogP contribution in [0.2, 0.25) is 0 Å². The molecule has 1 aromatic rings. The van der Waals surface area contributed by atoms with Crippen LogP contribution >= 0.6 is 0 Å². The van der Waals surface area contributed by atoms with E-state index in [0.29, 0.717) is 17.9 Å². The second-order valence-corrected chi connectivity index (χ2v) is 4.97. The molecule has 0 amide bonds. The molecular weight excluding hydrogens is 240 g/mol. The molecule has 0 N–H and O–H groups in total. The van der Waals surface area contributed by atoms with Crippen molar-refractivity contribution in [1.82, 2.24) is 4.90 Å². The predicted molar refractivity (Wildman–Crippen MR) is 73.1 cm³/mol. The lowest BCUT2D eigenvalue weighted by atomic mass is 10.2. The summed E-state index contributed by atoms with van der Waals surface area (Å²) >= 11 is 0. The summed E-state index contributed by atoms with van der Waals surface area (Å²) in [5, 5.41) is 8.98. The molecule has 1 aliphatic rings. The second-order valence-electron chi connectivity index (χ2n) is 4.97. The Morgan fingerprint density at radius 2 is 2.00 bits per heavy atom. The number of para-hydroxylation sites is 1. The van der Waals surface area contributed by atoms with Crippen LogP contribution in [0, 0.1) is 11.3 Å². The van der Waals surface area contributed by atoms with Gasteiger partial charge in [0.1, 0.15) is 18.4 Å². The molecule has 1 heterocycles. The summed E-state index contributed by atoms with van der Waals surface area (Å²) in [4.78, 5) is 2.34. The highest BCUT2D eigenvalue weighted by Gasteiger charge is 2.21. The molecule has 0 spiro atoms. The Hall–Kier alpha value is -1.57. The molecule has 1 aliphatic heterocycles. The van der Waals surface area contributed by atoms with E-state index in [0.717, 1.165) is 19.6 Å². The number of nitrogens with zero attached hydrogens (tertiary/aromatic N) is 2. The normalized spacial score (nSPS) is 23.8. The SMILES string of the molecule is C[C@@H]1CN(CCOc2ccccc2C#N)C[C@@H](C)O1. The molecule has 1 fully saturated rings. The summed E-state index contributed by atoms with van der Waals surface area (Å²) in [5.74, 6) is 0.666. The molecule has 2 atom stereocenters. The average molecular weight is 260 g/mol. The number of ether oxygens (including phenoxy) is 2. The van der Waals surface area contributed by atoms with Gasteiger partial charge in [-0.15, -0.1) is 0 Å². The monoisotopic (exact) mass is 260 g/mol. The average Bonchev–Trinajstić information content (AvgIpc) is 2.38. The molecular formula is C15H20N2O2. The smallest absolute Gasteiger partial charge is 0.137 e. The van der Waals surface area contributed by atoms with E-state index < -0.39 is 0 Å². The highest BCUT2D eigenvalue weighted by Crippen LogP contribution is 2.16. The van der Waals surface area contributed by atoms with Gasteiger partial charge < -0.3 is 9.47 Å². The van der Waals surface area contributed by atoms with Crippen LogP contribution in [0.25, 0.3) is 0 Å². The zero-order chi connectivity index (χ0) is 13.7. The Bertz CT molecular complexity index is 446. The molecule has 4 heteroatoms. The molecule has 0 aliphatic carbocycles. The summed E-state index contributed by atoms with van der Waals surface area (Å²) in [6, 6.07) is 9.48. The van der Waals surface area contributed by atoms with Gasteiger partial charge in [0.15, 0.2) is 0 Å². The van der Waals surface area contributed by atoms with Gasteiger partial charge in [-0.25, -0.2) is 0 Å². The first-order valence-corrected chi connectivity index (χ1v) is 6.69. The number of rotatable bonds is 4. The Morgan fingerprint density at radius 1 is 1.32 bits per heavy atom. The van der Waals surface area contributed by atoms with Gasteiger partial charge in [-0.05, 0) is 26.0 Å². The Labute approximate surface area is 114 Å². The molecule has 0 unspecified atom stereocenters. The number of nitriles is 1. The van der Waals surface area contributed by atoms with Gasteiger partial charge in [0.2, 0.25) is 0 Å². The van der Waals surface area contributed by atoms with Crippen molar-refractivity contribution in [3.8, 4) is 11.8 Å². The third-order valence-electron chi connectivity index (χ3n) is 3.17. The Kier molecular flexibility index (Phi) is 4.78. The van der Waals surface area contributed by atoms with Crippen LogP contribution in [0.4, 0.5) is 0 Å². The zero-order valence-electron chi connectivity index (χ0n) is 11.5. The van der Waals surface area contributed by atoms with Gasteiger partial charge in [-0.3, -0.25) is 4.90 Å². The van der Waals surface area contributed by atoms with E-state index in [1.54, 1.807) is 6.07 Å². The third-order valence-corrected chi connectivity index (χ3v) is 3.17. The number of hydrogen-bond donors (Lipinski definition) is 0. The van der Waals surface area contributed by atoms with E-state index in [4.69, 9.17) is 14.7 Å². The molecule has 4 nitrogen and oxygen atoms in total. The van der Waals surface area contributed by atoms with Gasteiger partial charge >= 0.3 is 0 Å². The van der Waals surface area contributed by atoms with Crippen molar-refractivity contribution >= 4 is 0 Å². The lowest BCUT2D eigenvalue weighted by molar-refractivity contribution is -0.0699. The zero-order valence-corrected chi connectivity index (χ0v) is 11.5. The largest absolute Gasteiger partial charge is 0.491 e. The Balaban J connectivity index is 1.82. The summed E-state index contributed by atoms with van der Waals surface area (Å²) < 4.78 is 11.4. The maximum absolute atomic E-state index is 8.98. The summed E-state index contributed by atoms with van der Waals surface area (Å²) in [5.41, 5.74) is 0.589. The molecule has 0 bridgehead atoms. The first kappa shape index (κ1) is 13.9. The summed E-state index contributed by atoms with van der Waals surface area (Å²) in [6.07, 6.45) is 0.547.